The summed E-state index contributed by atoms with van der Waals surface area (Å²) in [6.45, 7) is 5.03. The third-order valence-corrected chi connectivity index (χ3v) is 4.32. The molecule has 0 aliphatic carbocycles. The predicted octanol–water partition coefficient (Wildman–Crippen LogP) is 2.55. The van der Waals surface area contributed by atoms with Crippen LogP contribution in [-0.4, -0.2) is 34.5 Å². The van der Waals surface area contributed by atoms with Gasteiger partial charge in [0.25, 0.3) is 0 Å². The highest BCUT2D eigenvalue weighted by Gasteiger charge is 2.30. The van der Waals surface area contributed by atoms with E-state index in [0.29, 0.717) is 19.6 Å². The third-order valence-electron chi connectivity index (χ3n) is 4.32. The zero-order chi connectivity index (χ0) is 17.8. The summed E-state index contributed by atoms with van der Waals surface area (Å²) in [5, 5.41) is 8.51. The lowest BCUT2D eigenvalue weighted by Gasteiger charge is -2.24. The van der Waals surface area contributed by atoms with Crippen LogP contribution in [0.1, 0.15) is 38.0 Å². The Bertz CT molecular complexity index is 726. The first-order chi connectivity index (χ1) is 12.1. The Balaban J connectivity index is 1.72. The van der Waals surface area contributed by atoms with Gasteiger partial charge in [-0.25, -0.2) is 0 Å². The molecule has 0 N–H and O–H groups in total. The monoisotopic (exact) mass is 345 g/mol. The van der Waals surface area contributed by atoms with Gasteiger partial charge in [0.05, 0.1) is 19.6 Å². The first-order valence-electron chi connectivity index (χ1n) is 8.51. The van der Waals surface area contributed by atoms with Crippen LogP contribution >= 0.6 is 0 Å². The first-order valence-corrected chi connectivity index (χ1v) is 8.51. The van der Waals surface area contributed by atoms with Crippen LogP contribution in [0.5, 0.6) is 11.5 Å². The summed E-state index contributed by atoms with van der Waals surface area (Å²) in [6.07, 6.45) is 1.16. The summed E-state index contributed by atoms with van der Waals surface area (Å²) >= 11 is 0. The fraction of sp³-hybridized carbons (Fsp3) is 0.500. The van der Waals surface area contributed by atoms with E-state index in [0.717, 1.165) is 29.6 Å². The van der Waals surface area contributed by atoms with Gasteiger partial charge in [0, 0.05) is 13.0 Å². The minimum Gasteiger partial charge on any atom is -0.494 e. The van der Waals surface area contributed by atoms with Crippen molar-refractivity contribution in [1.29, 1.82) is 0 Å². The van der Waals surface area contributed by atoms with E-state index < -0.39 is 0 Å². The molecule has 0 amide bonds. The highest BCUT2D eigenvalue weighted by Crippen LogP contribution is 2.27. The number of nitrogens with zero attached hydrogens (tertiary/aromatic N) is 3. The van der Waals surface area contributed by atoms with Gasteiger partial charge in [0.2, 0.25) is 0 Å². The number of carbonyl (C=O) groups excluding carboxylic acids is 1. The van der Waals surface area contributed by atoms with Crippen molar-refractivity contribution in [2.75, 3.05) is 13.7 Å². The molecule has 0 spiro atoms. The first kappa shape index (κ1) is 17.3. The van der Waals surface area contributed by atoms with Gasteiger partial charge in [-0.1, -0.05) is 0 Å². The van der Waals surface area contributed by atoms with Crippen LogP contribution in [0.4, 0.5) is 0 Å². The van der Waals surface area contributed by atoms with Gasteiger partial charge < -0.3 is 18.8 Å². The topological polar surface area (TPSA) is 75.5 Å². The standard InChI is InChI=1S/C18H23N3O4/c1-4-24-14-6-8-15(9-7-14)25-12(2)17-20-19-16-10-5-13(11-21(16)17)18(22)23-3/h6-9,12-13H,4-5,10-11H2,1-3H3. The number of rotatable bonds is 6. The number of benzene rings is 1. The average Bonchev–Trinajstić information content (AvgIpc) is 3.06. The fourth-order valence-corrected chi connectivity index (χ4v) is 3.05. The number of hydrogen-bond acceptors (Lipinski definition) is 6. The van der Waals surface area contributed by atoms with Crippen molar-refractivity contribution in [2.24, 2.45) is 5.92 Å². The molecule has 1 aromatic carbocycles. The molecule has 0 saturated heterocycles. The van der Waals surface area contributed by atoms with Crippen LogP contribution < -0.4 is 9.47 Å². The Morgan fingerprint density at radius 2 is 2.00 bits per heavy atom. The zero-order valence-electron chi connectivity index (χ0n) is 14.8. The third kappa shape index (κ3) is 3.75. The van der Waals surface area contributed by atoms with E-state index in [-0.39, 0.29) is 18.0 Å². The van der Waals surface area contributed by atoms with Crippen molar-refractivity contribution in [1.82, 2.24) is 14.8 Å². The normalized spacial score (nSPS) is 17.5. The van der Waals surface area contributed by atoms with Crippen LogP contribution in [0, 0.1) is 5.92 Å². The average molecular weight is 345 g/mol. The van der Waals surface area contributed by atoms with Crippen molar-refractivity contribution in [2.45, 2.75) is 39.3 Å². The molecular weight excluding hydrogens is 322 g/mol. The van der Waals surface area contributed by atoms with Crippen molar-refractivity contribution >= 4 is 5.97 Å². The second-order valence-electron chi connectivity index (χ2n) is 6.01. The van der Waals surface area contributed by atoms with Crippen LogP contribution in [0.3, 0.4) is 0 Å². The summed E-state index contributed by atoms with van der Waals surface area (Å²) < 4.78 is 18.3. The number of hydrogen-bond donors (Lipinski definition) is 0. The largest absolute Gasteiger partial charge is 0.494 e. The van der Waals surface area contributed by atoms with E-state index in [4.69, 9.17) is 14.2 Å². The molecule has 25 heavy (non-hydrogen) atoms. The molecule has 3 rings (SSSR count). The predicted molar refractivity (Wildman–Crippen MR) is 90.5 cm³/mol. The zero-order valence-corrected chi connectivity index (χ0v) is 14.8. The molecule has 0 radical (unpaired) electrons. The van der Waals surface area contributed by atoms with E-state index in [9.17, 15) is 4.79 Å². The molecule has 0 fully saturated rings. The maximum atomic E-state index is 11.8. The van der Waals surface area contributed by atoms with E-state index in [1.54, 1.807) is 0 Å². The molecule has 0 bridgehead atoms. The number of ether oxygens (including phenoxy) is 3. The molecule has 1 aliphatic heterocycles. The number of carbonyl (C=O) groups is 1. The van der Waals surface area contributed by atoms with Crippen molar-refractivity contribution in [3.63, 3.8) is 0 Å². The molecule has 0 saturated carbocycles. The number of esters is 1. The lowest BCUT2D eigenvalue weighted by molar-refractivity contribution is -0.146. The Morgan fingerprint density at radius 3 is 2.68 bits per heavy atom. The van der Waals surface area contributed by atoms with Gasteiger partial charge in [-0.3, -0.25) is 4.79 Å². The quantitative estimate of drug-likeness (QED) is 0.749. The van der Waals surface area contributed by atoms with Crippen molar-refractivity contribution < 1.29 is 19.0 Å². The van der Waals surface area contributed by atoms with E-state index >= 15 is 0 Å². The molecular formula is C18H23N3O4. The lowest BCUT2D eigenvalue weighted by Crippen LogP contribution is -2.29. The Labute approximate surface area is 146 Å². The summed E-state index contributed by atoms with van der Waals surface area (Å²) in [7, 11) is 1.42. The molecule has 2 aromatic rings. The van der Waals surface area contributed by atoms with Crippen LogP contribution in [0.15, 0.2) is 24.3 Å². The Kier molecular flexibility index (Phi) is 5.21. The van der Waals surface area contributed by atoms with Gasteiger partial charge >= 0.3 is 5.97 Å². The van der Waals surface area contributed by atoms with E-state index in [1.807, 2.05) is 42.7 Å². The van der Waals surface area contributed by atoms with Gasteiger partial charge in [-0.15, -0.1) is 10.2 Å². The maximum Gasteiger partial charge on any atom is 0.310 e. The van der Waals surface area contributed by atoms with Crippen molar-refractivity contribution in [3.8, 4) is 11.5 Å². The summed E-state index contributed by atoms with van der Waals surface area (Å²) in [5.74, 6) is 2.79. The van der Waals surface area contributed by atoms with Crippen LogP contribution in [0.25, 0.3) is 0 Å². The lowest BCUT2D eigenvalue weighted by atomic mass is 9.99. The summed E-state index contributed by atoms with van der Waals surface area (Å²) in [4.78, 5) is 11.8. The second-order valence-corrected chi connectivity index (χ2v) is 6.01. The van der Waals surface area contributed by atoms with E-state index in [1.165, 1.54) is 7.11 Å². The molecule has 2 unspecified atom stereocenters. The maximum absolute atomic E-state index is 11.8. The molecule has 7 heteroatoms. The fourth-order valence-electron chi connectivity index (χ4n) is 3.05. The summed E-state index contributed by atoms with van der Waals surface area (Å²) in [6, 6.07) is 7.48. The molecule has 2 atom stereocenters. The van der Waals surface area contributed by atoms with Gasteiger partial charge in [-0.05, 0) is 44.5 Å². The SMILES string of the molecule is CCOc1ccc(OC(C)c2nnc3n2CC(C(=O)OC)CC3)cc1. The number of methoxy groups -OCH3 is 1. The van der Waals surface area contributed by atoms with Gasteiger partial charge in [-0.2, -0.15) is 0 Å². The second kappa shape index (κ2) is 7.55. The molecule has 1 aromatic heterocycles. The van der Waals surface area contributed by atoms with Gasteiger partial charge in [0.1, 0.15) is 17.3 Å². The smallest absolute Gasteiger partial charge is 0.310 e. The molecule has 1 aliphatic rings. The number of aromatic nitrogens is 3. The highest BCUT2D eigenvalue weighted by atomic mass is 16.5. The molecule has 7 nitrogen and oxygen atoms in total. The minimum atomic E-state index is -0.282. The highest BCUT2D eigenvalue weighted by molar-refractivity contribution is 5.72. The van der Waals surface area contributed by atoms with Gasteiger partial charge in [0.15, 0.2) is 11.9 Å². The minimum absolute atomic E-state index is 0.162. The Hall–Kier alpha value is -2.57. The van der Waals surface area contributed by atoms with E-state index in [2.05, 4.69) is 10.2 Å². The van der Waals surface area contributed by atoms with Crippen LogP contribution in [-0.2, 0) is 22.5 Å². The van der Waals surface area contributed by atoms with Crippen LogP contribution in [0.2, 0.25) is 0 Å². The molecule has 134 valence electrons. The number of aryl methyl sites for hydroxylation is 1. The summed E-state index contributed by atoms with van der Waals surface area (Å²) in [5.41, 5.74) is 0. The Morgan fingerprint density at radius 1 is 1.28 bits per heavy atom. The number of fused-ring (bicyclic) bond motifs is 1. The van der Waals surface area contributed by atoms with Crippen molar-refractivity contribution in [3.05, 3.63) is 35.9 Å². The molecule has 2 heterocycles.